The van der Waals surface area contributed by atoms with Crippen LogP contribution in [0, 0.1) is 31.0 Å². The van der Waals surface area contributed by atoms with Crippen molar-refractivity contribution in [1.82, 2.24) is 0 Å². The van der Waals surface area contributed by atoms with Crippen LogP contribution in [0.4, 0.5) is 10.1 Å². The van der Waals surface area contributed by atoms with Gasteiger partial charge in [-0.1, -0.05) is 35.9 Å². The van der Waals surface area contributed by atoms with E-state index in [1.165, 1.54) is 6.07 Å². The first-order valence-corrected chi connectivity index (χ1v) is 9.71. The van der Waals surface area contributed by atoms with Gasteiger partial charge in [-0.2, -0.15) is 5.26 Å². The van der Waals surface area contributed by atoms with Crippen LogP contribution in [0.3, 0.4) is 0 Å². The van der Waals surface area contributed by atoms with Crippen LogP contribution in [0.15, 0.2) is 65.1 Å². The number of allylic oxidation sites excluding steroid dienone is 3. The molecule has 2 aromatic rings. The maximum absolute atomic E-state index is 14.7. The number of carbonyl (C=O) groups is 1. The Bertz CT molecular complexity index is 1120. The molecule has 0 saturated carbocycles. The predicted octanol–water partition coefficient (Wildman–Crippen LogP) is 4.75. The minimum absolute atomic E-state index is 0.00116. The molecule has 1 atom stereocenters. The zero-order chi connectivity index (χ0) is 20.7. The van der Waals surface area contributed by atoms with Crippen molar-refractivity contribution in [1.29, 1.82) is 5.26 Å². The summed E-state index contributed by atoms with van der Waals surface area (Å²) >= 11 is 0. The second-order valence-electron chi connectivity index (χ2n) is 7.63. The van der Waals surface area contributed by atoms with Gasteiger partial charge in [-0.15, -0.1) is 0 Å². The quantitative estimate of drug-likeness (QED) is 0.807. The van der Waals surface area contributed by atoms with Gasteiger partial charge in [0.05, 0.1) is 23.2 Å². The van der Waals surface area contributed by atoms with Gasteiger partial charge >= 0.3 is 0 Å². The van der Waals surface area contributed by atoms with Crippen molar-refractivity contribution in [3.05, 3.63) is 87.6 Å². The summed E-state index contributed by atoms with van der Waals surface area (Å²) in [4.78, 5) is 14.7. The van der Waals surface area contributed by atoms with E-state index in [0.717, 1.165) is 16.7 Å². The molecule has 0 aromatic heterocycles. The lowest BCUT2D eigenvalue weighted by molar-refractivity contribution is -0.116. The number of rotatable bonds is 2. The highest BCUT2D eigenvalue weighted by atomic mass is 19.1. The van der Waals surface area contributed by atoms with Crippen molar-refractivity contribution in [3.8, 4) is 6.07 Å². The van der Waals surface area contributed by atoms with Crippen molar-refractivity contribution in [3.63, 3.8) is 0 Å². The smallest absolute Gasteiger partial charge is 0.161 e. The molecule has 0 amide bonds. The summed E-state index contributed by atoms with van der Waals surface area (Å²) in [6.45, 7) is 3.95. The van der Waals surface area contributed by atoms with Gasteiger partial charge in [-0.05, 0) is 49.9 Å². The largest absolute Gasteiger partial charge is 0.384 e. The van der Waals surface area contributed by atoms with Crippen LogP contribution in [0.25, 0.3) is 0 Å². The normalized spacial score (nSPS) is 19.3. The Morgan fingerprint density at radius 2 is 1.93 bits per heavy atom. The molecule has 1 aliphatic heterocycles. The lowest BCUT2D eigenvalue weighted by Crippen LogP contribution is -2.39. The van der Waals surface area contributed by atoms with E-state index < -0.39 is 11.7 Å². The van der Waals surface area contributed by atoms with E-state index in [0.29, 0.717) is 30.5 Å². The van der Waals surface area contributed by atoms with Crippen molar-refractivity contribution < 1.29 is 9.18 Å². The molecule has 29 heavy (non-hydrogen) atoms. The predicted molar refractivity (Wildman–Crippen MR) is 110 cm³/mol. The number of ketones is 1. The van der Waals surface area contributed by atoms with Crippen molar-refractivity contribution in [2.45, 2.75) is 39.0 Å². The Labute approximate surface area is 169 Å². The van der Waals surface area contributed by atoms with Gasteiger partial charge in [0.2, 0.25) is 0 Å². The van der Waals surface area contributed by atoms with E-state index in [1.807, 2.05) is 32.0 Å². The van der Waals surface area contributed by atoms with Crippen LogP contribution < -0.4 is 10.6 Å². The van der Waals surface area contributed by atoms with Crippen molar-refractivity contribution in [2.75, 3.05) is 4.90 Å². The molecule has 5 heteroatoms. The zero-order valence-corrected chi connectivity index (χ0v) is 16.5. The fourth-order valence-electron chi connectivity index (χ4n) is 4.38. The van der Waals surface area contributed by atoms with E-state index in [2.05, 4.69) is 6.07 Å². The van der Waals surface area contributed by atoms with Gasteiger partial charge in [0.15, 0.2) is 5.78 Å². The Morgan fingerprint density at radius 3 is 2.66 bits per heavy atom. The number of benzene rings is 2. The van der Waals surface area contributed by atoms with Crippen LogP contribution in [-0.2, 0) is 4.79 Å². The molecule has 0 radical (unpaired) electrons. The van der Waals surface area contributed by atoms with Gasteiger partial charge in [0, 0.05) is 17.7 Å². The molecular formula is C24H22FN3O. The van der Waals surface area contributed by atoms with Gasteiger partial charge in [-0.25, -0.2) is 4.39 Å². The first-order valence-electron chi connectivity index (χ1n) is 9.71. The SMILES string of the molecule is Cc1ccc(C)c(C2C(C#N)=C(N)N(c3ccccc3F)C3=C2C(=O)CCC3)c1. The van der Waals surface area contributed by atoms with E-state index in [9.17, 15) is 14.4 Å². The number of hydrogen-bond acceptors (Lipinski definition) is 4. The average Bonchev–Trinajstić information content (AvgIpc) is 2.70. The second-order valence-corrected chi connectivity index (χ2v) is 7.63. The maximum atomic E-state index is 14.7. The Hall–Kier alpha value is -3.39. The molecule has 0 spiro atoms. The molecule has 2 aromatic carbocycles. The number of halogens is 1. The zero-order valence-electron chi connectivity index (χ0n) is 16.5. The number of carbonyl (C=O) groups excluding carboxylic acids is 1. The summed E-state index contributed by atoms with van der Waals surface area (Å²) < 4.78 is 14.7. The Kier molecular flexibility index (Phi) is 4.71. The number of Topliss-reactive ketones (excluding diaryl/α,β-unsaturated/α-hetero) is 1. The molecule has 1 aliphatic carbocycles. The molecule has 2 N–H and O–H groups in total. The number of anilines is 1. The molecule has 0 saturated heterocycles. The highest BCUT2D eigenvalue weighted by Crippen LogP contribution is 2.47. The number of aryl methyl sites for hydroxylation is 2. The van der Waals surface area contributed by atoms with Gasteiger partial charge in [-0.3, -0.25) is 9.69 Å². The topological polar surface area (TPSA) is 70.1 Å². The van der Waals surface area contributed by atoms with E-state index >= 15 is 0 Å². The highest BCUT2D eigenvalue weighted by molar-refractivity contribution is 6.01. The summed E-state index contributed by atoms with van der Waals surface area (Å²) in [6, 6.07) is 14.5. The standard InChI is InChI=1S/C24H22FN3O/c1-14-10-11-15(2)16(12-14)22-17(13-26)24(27)28(19-7-4-3-6-18(19)25)20-8-5-9-21(29)23(20)22/h3-4,6-7,10-12,22H,5,8-9,27H2,1-2H3. The third-order valence-electron chi connectivity index (χ3n) is 5.75. The van der Waals surface area contributed by atoms with Crippen LogP contribution in [-0.4, -0.2) is 5.78 Å². The number of nitrogens with zero attached hydrogens (tertiary/aromatic N) is 2. The minimum Gasteiger partial charge on any atom is -0.384 e. The van der Waals surface area contributed by atoms with Crippen molar-refractivity contribution in [2.24, 2.45) is 5.73 Å². The Balaban J connectivity index is 2.03. The monoisotopic (exact) mass is 387 g/mol. The first-order chi connectivity index (χ1) is 13.9. The second kappa shape index (κ2) is 7.21. The number of nitrogens with two attached hydrogens (primary N) is 1. The molecule has 4 nitrogen and oxygen atoms in total. The van der Waals surface area contributed by atoms with Gasteiger partial charge < -0.3 is 5.73 Å². The molecular weight excluding hydrogens is 365 g/mol. The fraction of sp³-hybridized carbons (Fsp3) is 0.250. The van der Waals surface area contributed by atoms with E-state index in [4.69, 9.17) is 5.73 Å². The van der Waals surface area contributed by atoms with Gasteiger partial charge in [0.25, 0.3) is 0 Å². The molecule has 4 rings (SSSR count). The Morgan fingerprint density at radius 1 is 1.17 bits per heavy atom. The van der Waals surface area contributed by atoms with Crippen LogP contribution >= 0.6 is 0 Å². The highest BCUT2D eigenvalue weighted by Gasteiger charge is 2.41. The number of hydrogen-bond donors (Lipinski definition) is 1. The summed E-state index contributed by atoms with van der Waals surface area (Å²) in [7, 11) is 0. The number of nitriles is 1. The molecule has 146 valence electrons. The molecule has 0 fully saturated rings. The lowest BCUT2D eigenvalue weighted by atomic mass is 9.74. The third-order valence-corrected chi connectivity index (χ3v) is 5.75. The van der Waals surface area contributed by atoms with E-state index in [-0.39, 0.29) is 22.9 Å². The van der Waals surface area contributed by atoms with Crippen LogP contribution in [0.2, 0.25) is 0 Å². The van der Waals surface area contributed by atoms with Gasteiger partial charge in [0.1, 0.15) is 11.6 Å². The van der Waals surface area contributed by atoms with E-state index in [1.54, 1.807) is 23.1 Å². The first kappa shape index (κ1) is 18.9. The summed E-state index contributed by atoms with van der Waals surface area (Å²) in [5.74, 6) is -0.774. The summed E-state index contributed by atoms with van der Waals surface area (Å²) in [6.07, 6.45) is 1.71. The molecule has 1 heterocycles. The van der Waals surface area contributed by atoms with Crippen LogP contribution in [0.1, 0.15) is 41.9 Å². The minimum atomic E-state index is -0.522. The molecule has 1 unspecified atom stereocenters. The third kappa shape index (κ3) is 3.01. The van der Waals surface area contributed by atoms with Crippen LogP contribution in [0.5, 0.6) is 0 Å². The van der Waals surface area contributed by atoms with Crippen molar-refractivity contribution >= 4 is 11.5 Å². The summed E-state index contributed by atoms with van der Waals surface area (Å²) in [5.41, 5.74) is 11.2. The lowest BCUT2D eigenvalue weighted by Gasteiger charge is -2.40. The fourth-order valence-corrected chi connectivity index (χ4v) is 4.38. The maximum Gasteiger partial charge on any atom is 0.161 e. The molecule has 2 aliphatic rings. The average molecular weight is 387 g/mol. The number of para-hydroxylation sites is 1. The summed E-state index contributed by atoms with van der Waals surface area (Å²) in [5, 5.41) is 10.0. The molecule has 0 bridgehead atoms.